The second-order valence-electron chi connectivity index (χ2n) is 4.80. The van der Waals surface area contributed by atoms with Crippen molar-refractivity contribution in [3.8, 4) is 6.07 Å². The first-order valence-corrected chi connectivity index (χ1v) is 5.35. The highest BCUT2D eigenvalue weighted by Crippen LogP contribution is 2.33. The Hall–Kier alpha value is -1.33. The van der Waals surface area contributed by atoms with Gasteiger partial charge >= 0.3 is 0 Å². The van der Waals surface area contributed by atoms with Crippen molar-refractivity contribution >= 4 is 0 Å². The molecule has 0 aliphatic heterocycles. The van der Waals surface area contributed by atoms with Crippen LogP contribution in [0.25, 0.3) is 0 Å². The number of nitrogens with two attached hydrogens (primary N) is 1. The maximum Gasteiger partial charge on any atom is 0.0766 e. The molecule has 1 unspecified atom stereocenters. The standard InChI is InChI=1S/C13H16N2/c1-13(2,8-14)10-4-5-11-9(7-10)3-6-12(11)15/h4-5,7,12H,3,6,15H2,1-2H3. The second kappa shape index (κ2) is 3.36. The molecule has 2 heteroatoms. The molecular weight excluding hydrogens is 184 g/mol. The SMILES string of the molecule is CC(C)(C#N)c1ccc2c(c1)CCC2N. The summed E-state index contributed by atoms with van der Waals surface area (Å²) in [5.74, 6) is 0. The van der Waals surface area contributed by atoms with Crippen molar-refractivity contribution in [2.24, 2.45) is 5.73 Å². The number of aryl methyl sites for hydroxylation is 1. The average Bonchev–Trinajstić information content (AvgIpc) is 2.60. The van der Waals surface area contributed by atoms with Crippen molar-refractivity contribution < 1.29 is 0 Å². The van der Waals surface area contributed by atoms with Crippen LogP contribution in [0.4, 0.5) is 0 Å². The summed E-state index contributed by atoms with van der Waals surface area (Å²) in [5.41, 5.74) is 9.25. The van der Waals surface area contributed by atoms with Crippen LogP contribution in [-0.2, 0) is 11.8 Å². The third-order valence-electron chi connectivity index (χ3n) is 3.27. The smallest absolute Gasteiger partial charge is 0.0766 e. The molecule has 0 radical (unpaired) electrons. The highest BCUT2D eigenvalue weighted by Gasteiger charge is 2.24. The van der Waals surface area contributed by atoms with Gasteiger partial charge in [-0.2, -0.15) is 5.26 Å². The Morgan fingerprint density at radius 3 is 2.87 bits per heavy atom. The molecule has 15 heavy (non-hydrogen) atoms. The molecule has 2 N–H and O–H groups in total. The lowest BCUT2D eigenvalue weighted by atomic mass is 9.85. The number of nitriles is 1. The molecule has 2 rings (SSSR count). The molecule has 0 amide bonds. The topological polar surface area (TPSA) is 49.8 Å². The maximum atomic E-state index is 9.07. The normalized spacial score (nSPS) is 19.7. The van der Waals surface area contributed by atoms with Gasteiger partial charge in [0.2, 0.25) is 0 Å². The van der Waals surface area contributed by atoms with Crippen LogP contribution >= 0.6 is 0 Å². The minimum absolute atomic E-state index is 0.194. The van der Waals surface area contributed by atoms with E-state index in [1.165, 1.54) is 11.1 Å². The Morgan fingerprint density at radius 2 is 2.20 bits per heavy atom. The quantitative estimate of drug-likeness (QED) is 0.757. The van der Waals surface area contributed by atoms with E-state index in [4.69, 9.17) is 11.0 Å². The molecule has 1 aromatic rings. The van der Waals surface area contributed by atoms with E-state index in [1.807, 2.05) is 19.9 Å². The summed E-state index contributed by atoms with van der Waals surface area (Å²) < 4.78 is 0. The third-order valence-corrected chi connectivity index (χ3v) is 3.27. The Kier molecular flexibility index (Phi) is 2.28. The molecule has 0 spiro atoms. The molecule has 0 fully saturated rings. The number of hydrogen-bond acceptors (Lipinski definition) is 2. The van der Waals surface area contributed by atoms with Crippen LogP contribution in [0, 0.1) is 11.3 Å². The fraction of sp³-hybridized carbons (Fsp3) is 0.462. The van der Waals surface area contributed by atoms with E-state index >= 15 is 0 Å². The fourth-order valence-corrected chi connectivity index (χ4v) is 2.10. The molecule has 1 atom stereocenters. The summed E-state index contributed by atoms with van der Waals surface area (Å²) in [7, 11) is 0. The van der Waals surface area contributed by atoms with Crippen LogP contribution in [0.5, 0.6) is 0 Å². The van der Waals surface area contributed by atoms with Gasteiger partial charge in [-0.1, -0.05) is 18.2 Å². The molecule has 0 saturated heterocycles. The number of nitrogens with zero attached hydrogens (tertiary/aromatic N) is 1. The first kappa shape index (κ1) is 10.2. The lowest BCUT2D eigenvalue weighted by Gasteiger charge is -2.17. The van der Waals surface area contributed by atoms with Gasteiger partial charge in [0, 0.05) is 6.04 Å². The number of fused-ring (bicyclic) bond motifs is 1. The van der Waals surface area contributed by atoms with Crippen molar-refractivity contribution in [2.45, 2.75) is 38.1 Å². The molecule has 1 aromatic carbocycles. The lowest BCUT2D eigenvalue weighted by Crippen LogP contribution is -2.14. The van der Waals surface area contributed by atoms with E-state index in [2.05, 4.69) is 18.2 Å². The zero-order valence-electron chi connectivity index (χ0n) is 9.25. The van der Waals surface area contributed by atoms with Crippen molar-refractivity contribution in [2.75, 3.05) is 0 Å². The van der Waals surface area contributed by atoms with E-state index in [-0.39, 0.29) is 6.04 Å². The summed E-state index contributed by atoms with van der Waals surface area (Å²) in [6.45, 7) is 3.90. The van der Waals surface area contributed by atoms with Gasteiger partial charge in [-0.15, -0.1) is 0 Å². The van der Waals surface area contributed by atoms with E-state index in [9.17, 15) is 0 Å². The predicted octanol–water partition coefficient (Wildman–Crippen LogP) is 2.43. The van der Waals surface area contributed by atoms with Crippen LogP contribution in [0.2, 0.25) is 0 Å². The minimum atomic E-state index is -0.401. The van der Waals surface area contributed by atoms with E-state index in [0.29, 0.717) is 0 Å². The molecule has 2 nitrogen and oxygen atoms in total. The Balaban J connectivity index is 2.44. The molecule has 0 aromatic heterocycles. The maximum absolute atomic E-state index is 9.07. The Labute approximate surface area is 90.7 Å². The minimum Gasteiger partial charge on any atom is -0.324 e. The summed E-state index contributed by atoms with van der Waals surface area (Å²) in [4.78, 5) is 0. The molecular formula is C13H16N2. The summed E-state index contributed by atoms with van der Waals surface area (Å²) in [6.07, 6.45) is 2.08. The van der Waals surface area contributed by atoms with Crippen molar-refractivity contribution in [1.82, 2.24) is 0 Å². The molecule has 78 valence electrons. The van der Waals surface area contributed by atoms with Crippen LogP contribution in [-0.4, -0.2) is 0 Å². The zero-order valence-corrected chi connectivity index (χ0v) is 9.25. The number of benzene rings is 1. The average molecular weight is 200 g/mol. The molecule has 0 heterocycles. The van der Waals surface area contributed by atoms with Gasteiger partial charge in [0.05, 0.1) is 11.5 Å². The Morgan fingerprint density at radius 1 is 1.47 bits per heavy atom. The first-order chi connectivity index (χ1) is 7.04. The van der Waals surface area contributed by atoms with Gasteiger partial charge in [-0.3, -0.25) is 0 Å². The van der Waals surface area contributed by atoms with Crippen LogP contribution in [0.3, 0.4) is 0 Å². The summed E-state index contributed by atoms with van der Waals surface area (Å²) in [5, 5.41) is 9.07. The largest absolute Gasteiger partial charge is 0.324 e. The highest BCUT2D eigenvalue weighted by molar-refractivity contribution is 5.42. The highest BCUT2D eigenvalue weighted by atomic mass is 14.6. The molecule has 1 aliphatic rings. The van der Waals surface area contributed by atoms with E-state index in [0.717, 1.165) is 18.4 Å². The van der Waals surface area contributed by atoms with Gasteiger partial charge in [0.25, 0.3) is 0 Å². The van der Waals surface area contributed by atoms with Gasteiger partial charge < -0.3 is 5.73 Å². The molecule has 0 bridgehead atoms. The predicted molar refractivity (Wildman–Crippen MR) is 60.3 cm³/mol. The van der Waals surface area contributed by atoms with E-state index < -0.39 is 5.41 Å². The van der Waals surface area contributed by atoms with Crippen LogP contribution < -0.4 is 5.73 Å². The Bertz CT molecular complexity index is 427. The first-order valence-electron chi connectivity index (χ1n) is 5.35. The van der Waals surface area contributed by atoms with E-state index in [1.54, 1.807) is 0 Å². The summed E-state index contributed by atoms with van der Waals surface area (Å²) in [6, 6.07) is 8.79. The van der Waals surface area contributed by atoms with Gasteiger partial charge in [-0.05, 0) is 43.4 Å². The van der Waals surface area contributed by atoms with Crippen molar-refractivity contribution in [3.63, 3.8) is 0 Å². The van der Waals surface area contributed by atoms with Gasteiger partial charge in [-0.25, -0.2) is 0 Å². The van der Waals surface area contributed by atoms with Gasteiger partial charge in [0.1, 0.15) is 0 Å². The molecule has 1 aliphatic carbocycles. The third kappa shape index (κ3) is 1.64. The number of rotatable bonds is 1. The van der Waals surface area contributed by atoms with Crippen molar-refractivity contribution in [1.29, 1.82) is 5.26 Å². The molecule has 0 saturated carbocycles. The van der Waals surface area contributed by atoms with Crippen LogP contribution in [0.1, 0.15) is 43.0 Å². The van der Waals surface area contributed by atoms with Gasteiger partial charge in [0.15, 0.2) is 0 Å². The zero-order chi connectivity index (χ0) is 11.1. The number of hydrogen-bond donors (Lipinski definition) is 1. The second-order valence-corrected chi connectivity index (χ2v) is 4.80. The van der Waals surface area contributed by atoms with Crippen molar-refractivity contribution in [3.05, 3.63) is 34.9 Å². The monoisotopic (exact) mass is 200 g/mol. The lowest BCUT2D eigenvalue weighted by molar-refractivity contribution is 0.685. The summed E-state index contributed by atoms with van der Waals surface area (Å²) >= 11 is 0. The van der Waals surface area contributed by atoms with Crippen LogP contribution in [0.15, 0.2) is 18.2 Å². The fourth-order valence-electron chi connectivity index (χ4n) is 2.10.